The third-order valence-electron chi connectivity index (χ3n) is 5.92. The molecule has 0 aliphatic heterocycles. The van der Waals surface area contributed by atoms with Crippen molar-refractivity contribution in [3.05, 3.63) is 103 Å². The summed E-state index contributed by atoms with van der Waals surface area (Å²) in [6.45, 7) is 3.23. The number of aromatic nitrogens is 2. The fourth-order valence-electron chi connectivity index (χ4n) is 3.73. The number of halogens is 2. The smallest absolute Gasteiger partial charge is 0.311 e. The maximum atomic E-state index is 13.9. The molecule has 12 heteroatoms. The molecule has 4 rings (SSSR count). The van der Waals surface area contributed by atoms with Crippen molar-refractivity contribution in [2.45, 2.75) is 26.2 Å². The lowest BCUT2D eigenvalue weighted by molar-refractivity contribution is -0.385. The van der Waals surface area contributed by atoms with E-state index in [0.717, 1.165) is 4.68 Å². The predicted octanol–water partition coefficient (Wildman–Crippen LogP) is 5.62. The SMILES string of the molecule is CC[C@@H](C)c1nc2ccc(Br)cc2c(=O)n1N=Cc1cccc([N+](=O)[O-])c1OCC(=O)Nc1ccccc1F. The van der Waals surface area contributed by atoms with Crippen LogP contribution in [0.5, 0.6) is 5.75 Å². The number of rotatable bonds is 9. The quantitative estimate of drug-likeness (QED) is 0.152. The largest absolute Gasteiger partial charge is 0.476 e. The molecule has 0 aliphatic carbocycles. The number of nitrogens with one attached hydrogen (secondary N) is 1. The third kappa shape index (κ3) is 6.17. The van der Waals surface area contributed by atoms with Gasteiger partial charge in [-0.1, -0.05) is 48.0 Å². The van der Waals surface area contributed by atoms with Gasteiger partial charge in [0.25, 0.3) is 11.5 Å². The van der Waals surface area contributed by atoms with Crippen LogP contribution in [0.4, 0.5) is 15.8 Å². The minimum Gasteiger partial charge on any atom is -0.476 e. The van der Waals surface area contributed by atoms with Gasteiger partial charge in [-0.2, -0.15) is 9.78 Å². The molecule has 1 heterocycles. The second-order valence-electron chi connectivity index (χ2n) is 8.57. The Labute approximate surface area is 230 Å². The highest BCUT2D eigenvalue weighted by molar-refractivity contribution is 9.10. The van der Waals surface area contributed by atoms with E-state index >= 15 is 0 Å². The number of nitrogens with zero attached hydrogens (tertiary/aromatic N) is 4. The van der Waals surface area contributed by atoms with Gasteiger partial charge in [0.05, 0.1) is 27.7 Å². The number of para-hydroxylation sites is 2. The summed E-state index contributed by atoms with van der Waals surface area (Å²) in [4.78, 5) is 41.5. The highest BCUT2D eigenvalue weighted by atomic mass is 79.9. The zero-order valence-corrected chi connectivity index (χ0v) is 22.5. The first kappa shape index (κ1) is 27.6. The molecule has 0 fully saturated rings. The van der Waals surface area contributed by atoms with Crippen molar-refractivity contribution in [2.75, 3.05) is 11.9 Å². The Bertz CT molecular complexity index is 1660. The molecule has 0 saturated carbocycles. The number of ether oxygens (including phenoxy) is 1. The van der Waals surface area contributed by atoms with Crippen LogP contribution in [-0.4, -0.2) is 33.3 Å². The number of anilines is 1. The molecule has 10 nitrogen and oxygen atoms in total. The Morgan fingerprint density at radius 1 is 1.26 bits per heavy atom. The summed E-state index contributed by atoms with van der Waals surface area (Å²) in [6.07, 6.45) is 1.93. The Kier molecular flexibility index (Phi) is 8.45. The van der Waals surface area contributed by atoms with Crippen LogP contribution < -0.4 is 15.6 Å². The maximum Gasteiger partial charge on any atom is 0.311 e. The minimum absolute atomic E-state index is 0.0529. The molecule has 0 bridgehead atoms. The number of carbonyl (C=O) groups excluding carboxylic acids is 1. The Morgan fingerprint density at radius 3 is 2.74 bits per heavy atom. The van der Waals surface area contributed by atoms with Gasteiger partial charge in [0.15, 0.2) is 6.61 Å². The highest BCUT2D eigenvalue weighted by Crippen LogP contribution is 2.30. The summed E-state index contributed by atoms with van der Waals surface area (Å²) in [5.41, 5.74) is -0.204. The molecule has 0 saturated heterocycles. The Hall–Kier alpha value is -4.45. The molecule has 0 radical (unpaired) electrons. The number of fused-ring (bicyclic) bond motifs is 1. The zero-order valence-electron chi connectivity index (χ0n) is 20.9. The van der Waals surface area contributed by atoms with Gasteiger partial charge < -0.3 is 10.1 Å². The molecule has 1 atom stereocenters. The lowest BCUT2D eigenvalue weighted by Crippen LogP contribution is -2.24. The minimum atomic E-state index is -0.722. The standard InChI is InChI=1S/C27H23BrFN5O5/c1-3-16(2)26-32-21-12-11-18(28)13-19(21)27(36)33(26)30-14-17-7-6-10-23(34(37)38)25(17)39-15-24(35)31-22-9-5-4-8-20(22)29/h4-14,16H,3,15H2,1-2H3,(H,31,35)/t16-/m1/s1. The third-order valence-corrected chi connectivity index (χ3v) is 6.41. The molecular weight excluding hydrogens is 573 g/mol. The maximum absolute atomic E-state index is 13.9. The number of amides is 1. The number of hydrogen-bond acceptors (Lipinski definition) is 7. The number of benzene rings is 3. The van der Waals surface area contributed by atoms with E-state index in [2.05, 4.69) is 31.3 Å². The van der Waals surface area contributed by atoms with Crippen LogP contribution in [0.15, 0.2) is 75.0 Å². The summed E-state index contributed by atoms with van der Waals surface area (Å²) < 4.78 is 21.3. The molecule has 1 N–H and O–H groups in total. The van der Waals surface area contributed by atoms with E-state index < -0.39 is 34.5 Å². The van der Waals surface area contributed by atoms with Crippen molar-refractivity contribution >= 4 is 50.3 Å². The van der Waals surface area contributed by atoms with Gasteiger partial charge >= 0.3 is 5.69 Å². The monoisotopic (exact) mass is 595 g/mol. The molecule has 0 spiro atoms. The highest BCUT2D eigenvalue weighted by Gasteiger charge is 2.21. The first-order valence-electron chi connectivity index (χ1n) is 11.9. The lowest BCUT2D eigenvalue weighted by Gasteiger charge is -2.14. The normalized spacial score (nSPS) is 12.0. The van der Waals surface area contributed by atoms with Crippen LogP contribution in [0.25, 0.3) is 10.9 Å². The van der Waals surface area contributed by atoms with Gasteiger partial charge in [-0.05, 0) is 42.8 Å². The number of nitro benzene ring substituents is 1. The van der Waals surface area contributed by atoms with Crippen LogP contribution >= 0.6 is 15.9 Å². The van der Waals surface area contributed by atoms with Gasteiger partial charge in [-0.25, -0.2) is 9.37 Å². The first-order chi connectivity index (χ1) is 18.7. The fraction of sp³-hybridized carbons (Fsp3) is 0.185. The van der Waals surface area contributed by atoms with Crippen LogP contribution in [0.1, 0.15) is 37.6 Å². The molecule has 0 unspecified atom stereocenters. The van der Waals surface area contributed by atoms with Crippen LogP contribution in [-0.2, 0) is 4.79 Å². The van der Waals surface area contributed by atoms with E-state index in [1.165, 1.54) is 42.6 Å². The average Bonchev–Trinajstić information content (AvgIpc) is 2.92. The van der Waals surface area contributed by atoms with E-state index in [1.807, 2.05) is 13.8 Å². The number of carbonyl (C=O) groups is 1. The van der Waals surface area contributed by atoms with Gasteiger partial charge in [0, 0.05) is 22.0 Å². The topological polar surface area (TPSA) is 129 Å². The molecule has 1 aromatic heterocycles. The van der Waals surface area contributed by atoms with Crippen molar-refractivity contribution in [1.82, 2.24) is 9.66 Å². The second kappa shape index (κ2) is 11.9. The summed E-state index contributed by atoms with van der Waals surface area (Å²) in [5.74, 6) is -1.29. The fourth-order valence-corrected chi connectivity index (χ4v) is 4.09. The van der Waals surface area contributed by atoms with E-state index in [1.54, 1.807) is 24.3 Å². The predicted molar refractivity (Wildman–Crippen MR) is 149 cm³/mol. The van der Waals surface area contributed by atoms with Crippen LogP contribution in [0.3, 0.4) is 0 Å². The van der Waals surface area contributed by atoms with Crippen molar-refractivity contribution < 1.29 is 18.8 Å². The Morgan fingerprint density at radius 2 is 2.03 bits per heavy atom. The second-order valence-corrected chi connectivity index (χ2v) is 9.49. The Balaban J connectivity index is 1.71. The molecule has 3 aromatic carbocycles. The molecule has 4 aromatic rings. The first-order valence-corrected chi connectivity index (χ1v) is 12.7. The van der Waals surface area contributed by atoms with Gasteiger partial charge in [0.2, 0.25) is 5.75 Å². The molecular formula is C27H23BrFN5O5. The van der Waals surface area contributed by atoms with E-state index in [4.69, 9.17) is 4.74 Å². The summed E-state index contributed by atoms with van der Waals surface area (Å²) in [6, 6.07) is 14.9. The van der Waals surface area contributed by atoms with Crippen molar-refractivity contribution in [3.8, 4) is 5.75 Å². The summed E-state index contributed by atoms with van der Waals surface area (Å²) >= 11 is 3.36. The van der Waals surface area contributed by atoms with Gasteiger partial charge in [-0.3, -0.25) is 19.7 Å². The van der Waals surface area contributed by atoms with Crippen molar-refractivity contribution in [3.63, 3.8) is 0 Å². The lowest BCUT2D eigenvalue weighted by atomic mass is 10.1. The summed E-state index contributed by atoms with van der Waals surface area (Å²) in [5, 5.41) is 18.7. The van der Waals surface area contributed by atoms with Gasteiger partial charge in [0.1, 0.15) is 11.6 Å². The molecule has 39 heavy (non-hydrogen) atoms. The average molecular weight is 596 g/mol. The van der Waals surface area contributed by atoms with Crippen LogP contribution in [0.2, 0.25) is 0 Å². The van der Waals surface area contributed by atoms with Crippen molar-refractivity contribution in [2.24, 2.45) is 5.10 Å². The summed E-state index contributed by atoms with van der Waals surface area (Å²) in [7, 11) is 0. The van der Waals surface area contributed by atoms with E-state index in [-0.39, 0.29) is 22.9 Å². The molecule has 1 amide bonds. The number of hydrogen-bond donors (Lipinski definition) is 1. The van der Waals surface area contributed by atoms with E-state index in [9.17, 15) is 24.1 Å². The molecule has 200 valence electrons. The van der Waals surface area contributed by atoms with Crippen molar-refractivity contribution in [1.29, 1.82) is 0 Å². The number of nitro groups is 1. The molecule has 0 aliphatic rings. The zero-order chi connectivity index (χ0) is 28.1. The van der Waals surface area contributed by atoms with E-state index in [0.29, 0.717) is 27.6 Å². The van der Waals surface area contributed by atoms with Crippen LogP contribution in [0, 0.1) is 15.9 Å². The van der Waals surface area contributed by atoms with Gasteiger partial charge in [-0.15, -0.1) is 0 Å².